The van der Waals surface area contributed by atoms with Crippen LogP contribution in [-0.4, -0.2) is 22.0 Å². The van der Waals surface area contributed by atoms with Crippen LogP contribution in [0.15, 0.2) is 30.3 Å². The molecule has 2 rings (SSSR count). The predicted octanol–water partition coefficient (Wildman–Crippen LogP) is 3.27. The Morgan fingerprint density at radius 2 is 2.05 bits per heavy atom. The average molecular weight is 321 g/mol. The van der Waals surface area contributed by atoms with Crippen molar-refractivity contribution in [2.45, 2.75) is 19.9 Å². The number of nitrogens with two attached hydrogens (primary N) is 1. The van der Waals surface area contributed by atoms with Gasteiger partial charge in [0, 0.05) is 17.8 Å². The van der Waals surface area contributed by atoms with Gasteiger partial charge >= 0.3 is 0 Å². The van der Waals surface area contributed by atoms with Crippen LogP contribution in [0.5, 0.6) is 0 Å². The van der Waals surface area contributed by atoms with Gasteiger partial charge in [-0.3, -0.25) is 0 Å². The molecule has 1 heterocycles. The molecule has 2 N–H and O–H groups in total. The number of anilines is 1. The van der Waals surface area contributed by atoms with Gasteiger partial charge in [-0.15, -0.1) is 0 Å². The first kappa shape index (κ1) is 15.7. The number of nitrogens with zero attached hydrogens (tertiary/aromatic N) is 3. The predicted molar refractivity (Wildman–Crippen MR) is 90.9 cm³/mol. The summed E-state index contributed by atoms with van der Waals surface area (Å²) >= 11 is 11.0. The summed E-state index contributed by atoms with van der Waals surface area (Å²) in [7, 11) is 1.93. The van der Waals surface area contributed by atoms with Gasteiger partial charge in [0.1, 0.15) is 10.7 Å². The van der Waals surface area contributed by atoms with Gasteiger partial charge in [0.15, 0.2) is 0 Å². The maximum absolute atomic E-state index is 6.05. The van der Waals surface area contributed by atoms with E-state index in [9.17, 15) is 0 Å². The van der Waals surface area contributed by atoms with Crippen LogP contribution < -0.4 is 10.6 Å². The molecule has 0 saturated carbocycles. The number of benzene rings is 1. The molecule has 1 aromatic carbocycles. The molecule has 4 nitrogen and oxygen atoms in total. The maximum Gasteiger partial charge on any atom is 0.226 e. The molecule has 0 radical (unpaired) electrons. The van der Waals surface area contributed by atoms with Crippen molar-refractivity contribution in [1.29, 1.82) is 0 Å². The quantitative estimate of drug-likeness (QED) is 0.876. The molecule has 0 fully saturated rings. The minimum absolute atomic E-state index is 0.0738. The van der Waals surface area contributed by atoms with E-state index < -0.39 is 0 Å². The van der Waals surface area contributed by atoms with E-state index in [1.807, 2.05) is 43.1 Å². The van der Waals surface area contributed by atoms with E-state index in [1.165, 1.54) is 0 Å². The molecular weight excluding hydrogens is 304 g/mol. The fourth-order valence-electron chi connectivity index (χ4n) is 2.00. The van der Waals surface area contributed by atoms with Crippen LogP contribution in [0.25, 0.3) is 0 Å². The summed E-state index contributed by atoms with van der Waals surface area (Å²) in [5, 5.41) is 0.710. The lowest BCUT2D eigenvalue weighted by Crippen LogP contribution is -2.25. The van der Waals surface area contributed by atoms with Crippen LogP contribution in [0.2, 0.25) is 5.02 Å². The number of hydrogen-bond acceptors (Lipinski definition) is 4. The second-order valence-electron chi connectivity index (χ2n) is 4.90. The molecular formula is C15H17ClN4S. The van der Waals surface area contributed by atoms with Gasteiger partial charge in [-0.05, 0) is 37.6 Å². The van der Waals surface area contributed by atoms with Crippen molar-refractivity contribution in [3.8, 4) is 0 Å². The monoisotopic (exact) mass is 320 g/mol. The van der Waals surface area contributed by atoms with E-state index in [0.29, 0.717) is 16.7 Å². The summed E-state index contributed by atoms with van der Waals surface area (Å²) < 4.78 is 0. The van der Waals surface area contributed by atoms with Gasteiger partial charge in [0.2, 0.25) is 5.95 Å². The maximum atomic E-state index is 6.05. The molecule has 2 aromatic rings. The van der Waals surface area contributed by atoms with Gasteiger partial charge in [0.05, 0.1) is 6.04 Å². The first-order valence-electron chi connectivity index (χ1n) is 6.52. The molecule has 0 amide bonds. The van der Waals surface area contributed by atoms with Gasteiger partial charge in [0.25, 0.3) is 0 Å². The van der Waals surface area contributed by atoms with E-state index in [0.717, 1.165) is 11.3 Å². The van der Waals surface area contributed by atoms with Gasteiger partial charge in [-0.25, -0.2) is 9.97 Å². The normalized spacial score (nSPS) is 12.0. The number of thiocarbonyl (C=S) groups is 1. The number of aromatic nitrogens is 2. The van der Waals surface area contributed by atoms with E-state index in [1.54, 1.807) is 6.07 Å². The fourth-order valence-corrected chi connectivity index (χ4v) is 2.30. The topological polar surface area (TPSA) is 55.0 Å². The van der Waals surface area contributed by atoms with Crippen molar-refractivity contribution in [3.05, 3.63) is 52.3 Å². The fraction of sp³-hybridized carbons (Fsp3) is 0.267. The lowest BCUT2D eigenvalue weighted by molar-refractivity contribution is 0.712. The summed E-state index contributed by atoms with van der Waals surface area (Å²) in [6.07, 6.45) is 0. The van der Waals surface area contributed by atoms with E-state index in [-0.39, 0.29) is 11.0 Å². The summed E-state index contributed by atoms with van der Waals surface area (Å²) in [6, 6.07) is 9.60. The molecule has 1 aromatic heterocycles. The Labute approximate surface area is 135 Å². The van der Waals surface area contributed by atoms with Crippen molar-refractivity contribution in [3.63, 3.8) is 0 Å². The standard InChI is InChI=1S/C15H17ClN4S/c1-9-7-13(14(17)21)19-15(18-9)20(3)10(2)11-5-4-6-12(16)8-11/h4-8,10H,1-3H3,(H2,17,21). The highest BCUT2D eigenvalue weighted by Gasteiger charge is 2.16. The molecule has 0 aliphatic heterocycles. The number of rotatable bonds is 4. The van der Waals surface area contributed by atoms with E-state index >= 15 is 0 Å². The zero-order chi connectivity index (χ0) is 15.6. The molecule has 0 saturated heterocycles. The van der Waals surface area contributed by atoms with Crippen molar-refractivity contribution in [2.24, 2.45) is 5.73 Å². The Bertz CT molecular complexity index is 674. The number of halogens is 1. The number of hydrogen-bond donors (Lipinski definition) is 1. The smallest absolute Gasteiger partial charge is 0.226 e. The molecule has 21 heavy (non-hydrogen) atoms. The minimum Gasteiger partial charge on any atom is -0.388 e. The Kier molecular flexibility index (Phi) is 4.75. The molecule has 0 aliphatic rings. The summed E-state index contributed by atoms with van der Waals surface area (Å²) in [6.45, 7) is 3.96. The largest absolute Gasteiger partial charge is 0.388 e. The highest BCUT2D eigenvalue weighted by molar-refractivity contribution is 7.80. The van der Waals surface area contributed by atoms with Gasteiger partial charge < -0.3 is 10.6 Å². The molecule has 110 valence electrons. The van der Waals surface area contributed by atoms with Crippen LogP contribution in [-0.2, 0) is 0 Å². The Hall–Kier alpha value is -1.72. The summed E-state index contributed by atoms with van der Waals surface area (Å²) in [4.78, 5) is 11.1. The van der Waals surface area contributed by atoms with Crippen LogP contribution in [0.4, 0.5) is 5.95 Å². The molecule has 0 spiro atoms. The highest BCUT2D eigenvalue weighted by Crippen LogP contribution is 2.25. The van der Waals surface area contributed by atoms with Crippen molar-refractivity contribution in [1.82, 2.24) is 9.97 Å². The van der Waals surface area contributed by atoms with Crippen LogP contribution >= 0.6 is 23.8 Å². The first-order valence-corrected chi connectivity index (χ1v) is 7.31. The third-order valence-corrected chi connectivity index (χ3v) is 3.77. The zero-order valence-electron chi connectivity index (χ0n) is 12.2. The van der Waals surface area contributed by atoms with Crippen LogP contribution in [0.1, 0.15) is 29.9 Å². The SMILES string of the molecule is Cc1cc(C(N)=S)nc(N(C)C(C)c2cccc(Cl)c2)n1. The lowest BCUT2D eigenvalue weighted by atomic mass is 10.1. The third kappa shape index (κ3) is 3.68. The first-order chi connectivity index (χ1) is 9.88. The molecule has 0 aliphatic carbocycles. The van der Waals surface area contributed by atoms with E-state index in [4.69, 9.17) is 29.6 Å². The molecule has 6 heteroatoms. The minimum atomic E-state index is 0.0738. The summed E-state index contributed by atoms with van der Waals surface area (Å²) in [5.41, 5.74) is 8.16. The van der Waals surface area contributed by atoms with Crippen LogP contribution in [0, 0.1) is 6.92 Å². The lowest BCUT2D eigenvalue weighted by Gasteiger charge is -2.26. The van der Waals surface area contributed by atoms with Crippen molar-refractivity contribution in [2.75, 3.05) is 11.9 Å². The van der Waals surface area contributed by atoms with Gasteiger partial charge in [-0.2, -0.15) is 0 Å². The summed E-state index contributed by atoms with van der Waals surface area (Å²) in [5.74, 6) is 0.588. The molecule has 1 unspecified atom stereocenters. The van der Waals surface area contributed by atoms with Gasteiger partial charge in [-0.1, -0.05) is 36.0 Å². The zero-order valence-corrected chi connectivity index (χ0v) is 13.7. The Morgan fingerprint density at radius 1 is 1.33 bits per heavy atom. The Morgan fingerprint density at radius 3 is 2.67 bits per heavy atom. The Balaban J connectivity index is 2.35. The average Bonchev–Trinajstić information content (AvgIpc) is 2.45. The molecule has 1 atom stereocenters. The van der Waals surface area contributed by atoms with Crippen molar-refractivity contribution < 1.29 is 0 Å². The third-order valence-electron chi connectivity index (χ3n) is 3.32. The second kappa shape index (κ2) is 6.37. The van der Waals surface area contributed by atoms with E-state index in [2.05, 4.69) is 16.9 Å². The number of aryl methyl sites for hydroxylation is 1. The van der Waals surface area contributed by atoms with Crippen LogP contribution in [0.3, 0.4) is 0 Å². The second-order valence-corrected chi connectivity index (χ2v) is 5.78. The van der Waals surface area contributed by atoms with Crippen molar-refractivity contribution >= 4 is 34.8 Å². The molecule has 0 bridgehead atoms. The highest BCUT2D eigenvalue weighted by atomic mass is 35.5.